The van der Waals surface area contributed by atoms with Crippen LogP contribution in [0.1, 0.15) is 68.2 Å². The predicted octanol–water partition coefficient (Wildman–Crippen LogP) is 3.95. The molecule has 3 N–H and O–H groups in total. The predicted molar refractivity (Wildman–Crippen MR) is 156 cm³/mol. The molecule has 0 radical (unpaired) electrons. The second-order valence-corrected chi connectivity index (χ2v) is 12.8. The van der Waals surface area contributed by atoms with E-state index in [0.29, 0.717) is 34.1 Å². The van der Waals surface area contributed by atoms with E-state index in [4.69, 9.17) is 25.0 Å². The van der Waals surface area contributed by atoms with E-state index in [9.17, 15) is 5.26 Å². The van der Waals surface area contributed by atoms with Gasteiger partial charge in [0, 0.05) is 54.1 Å². The van der Waals surface area contributed by atoms with E-state index in [1.165, 1.54) is 22.6 Å². The van der Waals surface area contributed by atoms with Gasteiger partial charge in [-0.05, 0) is 72.0 Å². The molecule has 2 aliphatic heterocycles. The molecule has 11 heteroatoms. The first-order valence-electron chi connectivity index (χ1n) is 14.3. The fraction of sp³-hybridized carbons (Fsp3) is 0.586. The Morgan fingerprint density at radius 2 is 2.15 bits per heavy atom. The molecular weight excluding hydrogens is 524 g/mol. The molecule has 5 heterocycles. The van der Waals surface area contributed by atoms with Crippen LogP contribution in [0, 0.1) is 11.3 Å². The number of hydrogen-bond donors (Lipinski definition) is 2. The Morgan fingerprint density at radius 3 is 2.90 bits per heavy atom. The van der Waals surface area contributed by atoms with Crippen LogP contribution in [0.2, 0.25) is 0 Å². The molecule has 0 amide bonds. The highest BCUT2D eigenvalue weighted by Gasteiger charge is 2.41. The number of nitrogens with zero attached hydrogens (tertiary/aromatic N) is 6. The number of anilines is 2. The SMILES string of the molecule is C[C@H](Oc1cc(N2CCNC[C@H]2C)nc(-c2cc([C@@]3(C)CCCc4sc(N)c(C#N)c43)no2)n1)[C@@H]1CCCN1C. The van der Waals surface area contributed by atoms with Crippen LogP contribution >= 0.6 is 11.3 Å². The van der Waals surface area contributed by atoms with Crippen molar-refractivity contribution in [3.8, 4) is 23.5 Å². The van der Waals surface area contributed by atoms with Crippen molar-refractivity contribution in [3.05, 3.63) is 33.8 Å². The van der Waals surface area contributed by atoms with Crippen LogP contribution in [0.3, 0.4) is 0 Å². The Morgan fingerprint density at radius 1 is 1.30 bits per heavy atom. The summed E-state index contributed by atoms with van der Waals surface area (Å²) in [6.07, 6.45) is 5.06. The number of ether oxygens (including phenoxy) is 1. The molecule has 212 valence electrons. The molecule has 40 heavy (non-hydrogen) atoms. The van der Waals surface area contributed by atoms with Crippen LogP contribution in [0.4, 0.5) is 10.8 Å². The monoisotopic (exact) mass is 562 g/mol. The number of rotatable bonds is 6. The molecule has 0 bridgehead atoms. The second kappa shape index (κ2) is 10.7. The first kappa shape index (κ1) is 27.0. The molecule has 4 atom stereocenters. The van der Waals surface area contributed by atoms with Crippen molar-refractivity contribution in [1.82, 2.24) is 25.3 Å². The number of nitrogens with two attached hydrogens (primary N) is 1. The van der Waals surface area contributed by atoms with Crippen molar-refractivity contribution in [2.75, 3.05) is 43.9 Å². The van der Waals surface area contributed by atoms with E-state index < -0.39 is 5.41 Å². The van der Waals surface area contributed by atoms with E-state index in [1.807, 2.05) is 12.1 Å². The minimum absolute atomic E-state index is 0.0122. The number of piperazine rings is 1. The Kier molecular flexibility index (Phi) is 7.19. The molecule has 0 unspecified atom stereocenters. The van der Waals surface area contributed by atoms with Crippen molar-refractivity contribution in [2.24, 2.45) is 0 Å². The number of thiophene rings is 1. The number of nitrogens with one attached hydrogen (secondary N) is 1. The van der Waals surface area contributed by atoms with Gasteiger partial charge in [-0.15, -0.1) is 11.3 Å². The lowest BCUT2D eigenvalue weighted by molar-refractivity contribution is 0.117. The quantitative estimate of drug-likeness (QED) is 0.455. The topological polar surface area (TPSA) is 129 Å². The smallest absolute Gasteiger partial charge is 0.219 e. The molecule has 6 rings (SSSR count). The molecule has 10 nitrogen and oxygen atoms in total. The number of likely N-dealkylation sites (N-methyl/N-ethyl adjacent to an activating group) is 1. The van der Waals surface area contributed by atoms with E-state index in [2.05, 4.69) is 54.2 Å². The van der Waals surface area contributed by atoms with Gasteiger partial charge < -0.3 is 25.2 Å². The normalized spacial score (nSPS) is 25.9. The maximum Gasteiger partial charge on any atom is 0.219 e. The van der Waals surface area contributed by atoms with Gasteiger partial charge in [0.25, 0.3) is 0 Å². The fourth-order valence-electron chi connectivity index (χ4n) is 6.70. The summed E-state index contributed by atoms with van der Waals surface area (Å²) in [5, 5.41) is 18.4. The number of nitrogen functional groups attached to an aromatic ring is 1. The first-order valence-corrected chi connectivity index (χ1v) is 15.1. The Labute approximate surface area is 239 Å². The number of hydrogen-bond acceptors (Lipinski definition) is 11. The van der Waals surface area contributed by atoms with Crippen LogP contribution < -0.4 is 20.7 Å². The summed E-state index contributed by atoms with van der Waals surface area (Å²) in [5.41, 5.74) is 8.10. The fourth-order valence-corrected chi connectivity index (χ4v) is 7.89. The third-order valence-corrected chi connectivity index (χ3v) is 10.0. The molecule has 3 aromatic rings. The van der Waals surface area contributed by atoms with Gasteiger partial charge in [-0.3, -0.25) is 4.90 Å². The van der Waals surface area contributed by atoms with Gasteiger partial charge >= 0.3 is 0 Å². The van der Waals surface area contributed by atoms with E-state index in [1.54, 1.807) is 0 Å². The van der Waals surface area contributed by atoms with Gasteiger partial charge in [0.2, 0.25) is 17.5 Å². The number of likely N-dealkylation sites (tertiary alicyclic amines) is 1. The molecule has 1 aliphatic carbocycles. The summed E-state index contributed by atoms with van der Waals surface area (Å²) in [7, 11) is 2.16. The summed E-state index contributed by atoms with van der Waals surface area (Å²) in [5.74, 6) is 2.31. The van der Waals surface area contributed by atoms with E-state index in [-0.39, 0.29) is 12.1 Å². The number of aryl methyl sites for hydroxylation is 1. The van der Waals surface area contributed by atoms with Crippen LogP contribution in [0.5, 0.6) is 5.88 Å². The van der Waals surface area contributed by atoms with Crippen molar-refractivity contribution in [3.63, 3.8) is 0 Å². The molecule has 0 aromatic carbocycles. The Balaban J connectivity index is 1.37. The summed E-state index contributed by atoms with van der Waals surface area (Å²) in [4.78, 5) is 15.6. The Hall–Kier alpha value is -3.20. The molecule has 3 aromatic heterocycles. The maximum absolute atomic E-state index is 9.89. The summed E-state index contributed by atoms with van der Waals surface area (Å²) in [6, 6.07) is 6.86. The molecule has 0 saturated carbocycles. The van der Waals surface area contributed by atoms with Gasteiger partial charge in [0.1, 0.15) is 23.0 Å². The lowest BCUT2D eigenvalue weighted by atomic mass is 9.70. The van der Waals surface area contributed by atoms with Crippen molar-refractivity contribution in [2.45, 2.75) is 76.5 Å². The molecule has 3 aliphatic rings. The van der Waals surface area contributed by atoms with E-state index in [0.717, 1.165) is 68.9 Å². The highest BCUT2D eigenvalue weighted by molar-refractivity contribution is 7.16. The lowest BCUT2D eigenvalue weighted by Crippen LogP contribution is -2.50. The summed E-state index contributed by atoms with van der Waals surface area (Å²) >= 11 is 1.52. The number of nitriles is 1. The maximum atomic E-state index is 9.89. The summed E-state index contributed by atoms with van der Waals surface area (Å²) < 4.78 is 12.4. The minimum Gasteiger partial charge on any atom is -0.473 e. The van der Waals surface area contributed by atoms with Crippen LogP contribution in [0.15, 0.2) is 16.7 Å². The van der Waals surface area contributed by atoms with Gasteiger partial charge in [0.05, 0.1) is 11.3 Å². The van der Waals surface area contributed by atoms with Gasteiger partial charge in [-0.1, -0.05) is 5.16 Å². The largest absolute Gasteiger partial charge is 0.473 e. The average Bonchev–Trinajstić information content (AvgIpc) is 3.67. The zero-order valence-corrected chi connectivity index (χ0v) is 24.6. The number of aromatic nitrogens is 3. The van der Waals surface area contributed by atoms with Crippen molar-refractivity contribution in [1.29, 1.82) is 5.26 Å². The second-order valence-electron chi connectivity index (χ2n) is 11.7. The van der Waals surface area contributed by atoms with Crippen LogP contribution in [0.25, 0.3) is 11.6 Å². The molecule has 0 spiro atoms. The van der Waals surface area contributed by atoms with E-state index >= 15 is 0 Å². The van der Waals surface area contributed by atoms with Gasteiger partial charge in [-0.2, -0.15) is 10.2 Å². The Bertz CT molecular complexity index is 1430. The van der Waals surface area contributed by atoms with Gasteiger partial charge in [0.15, 0.2) is 0 Å². The zero-order chi connectivity index (χ0) is 28.0. The molecule has 2 fully saturated rings. The van der Waals surface area contributed by atoms with Crippen molar-refractivity contribution < 1.29 is 9.26 Å². The standard InChI is InChI=1S/C29H38N8O2S/c1-17-16-32-10-12-37(17)24-14-25(38-18(2)20-7-6-11-36(20)4)34-28(33-24)21-13-23(35-39-21)29(3)9-5-8-22-26(29)19(15-30)27(31)40-22/h13-14,17-18,20,32H,5-12,16,31H2,1-4H3/t17-,18+,20+,29-/m1/s1. The number of fused-ring (bicyclic) bond motifs is 1. The highest BCUT2D eigenvalue weighted by atomic mass is 32.1. The average molecular weight is 563 g/mol. The zero-order valence-electron chi connectivity index (χ0n) is 23.7. The van der Waals surface area contributed by atoms with Crippen LogP contribution in [-0.4, -0.2) is 71.4 Å². The first-order chi connectivity index (χ1) is 19.3. The van der Waals surface area contributed by atoms with Crippen LogP contribution in [-0.2, 0) is 11.8 Å². The highest BCUT2D eigenvalue weighted by Crippen LogP contribution is 2.49. The summed E-state index contributed by atoms with van der Waals surface area (Å²) in [6.45, 7) is 10.1. The van der Waals surface area contributed by atoms with Gasteiger partial charge in [-0.25, -0.2) is 4.98 Å². The minimum atomic E-state index is -0.472. The third kappa shape index (κ3) is 4.72. The lowest BCUT2D eigenvalue weighted by Gasteiger charge is -2.35. The van der Waals surface area contributed by atoms with Crippen molar-refractivity contribution >= 4 is 22.2 Å². The molecular formula is C29H38N8O2S. The third-order valence-electron chi connectivity index (χ3n) is 8.96. The molecule has 2 saturated heterocycles.